The lowest BCUT2D eigenvalue weighted by Gasteiger charge is -2.22. The molecule has 0 spiro atoms. The largest absolute Gasteiger partial charge is 0.309 e. The fourth-order valence-electron chi connectivity index (χ4n) is 13.9. The van der Waals surface area contributed by atoms with Crippen molar-refractivity contribution in [3.05, 3.63) is 328 Å². The van der Waals surface area contributed by atoms with Gasteiger partial charge >= 0.3 is 0 Å². The average Bonchev–Trinajstić information content (AvgIpc) is 1.78. The second-order valence-electron chi connectivity index (χ2n) is 22.3. The number of hydrogen-bond acceptors (Lipinski definition) is 0. The second kappa shape index (κ2) is 20.2. The van der Waals surface area contributed by atoms with Crippen LogP contribution in [0.5, 0.6) is 0 Å². The topological polar surface area (TPSA) is 19.7 Å². The van der Waals surface area contributed by atoms with Gasteiger partial charge in [-0.25, -0.2) is 0 Å². The van der Waals surface area contributed by atoms with Gasteiger partial charge in [0.2, 0.25) is 0 Å². The summed E-state index contributed by atoms with van der Waals surface area (Å²) in [5, 5.41) is 7.29. The van der Waals surface area contributed by atoms with Crippen molar-refractivity contribution in [2.75, 3.05) is 0 Å². The molecule has 402 valence electrons. The maximum atomic E-state index is 2.50. The maximum absolute atomic E-state index is 2.50. The molecule has 0 radical (unpaired) electrons. The highest BCUT2D eigenvalue weighted by Gasteiger charge is 2.26. The number of rotatable bonds is 10. The Morgan fingerprint density at radius 3 is 0.721 bits per heavy atom. The zero-order chi connectivity index (χ0) is 56.7. The first-order chi connectivity index (χ1) is 42.7. The van der Waals surface area contributed by atoms with Crippen LogP contribution in [-0.4, -0.2) is 18.3 Å². The van der Waals surface area contributed by atoms with Gasteiger partial charge < -0.3 is 18.3 Å². The number of hydrogen-bond donors (Lipinski definition) is 0. The minimum Gasteiger partial charge on any atom is -0.309 e. The minimum absolute atomic E-state index is 1.09. The predicted octanol–water partition coefficient (Wildman–Crippen LogP) is 21.8. The molecular weight excluding hydrogens is 1040 g/mol. The Labute approximate surface area is 498 Å². The molecule has 4 heterocycles. The lowest BCUT2D eigenvalue weighted by atomic mass is 9.95. The molecule has 0 fully saturated rings. The summed E-state index contributed by atoms with van der Waals surface area (Å²) >= 11 is 0. The molecule has 0 N–H and O–H groups in total. The van der Waals surface area contributed by atoms with E-state index in [-0.39, 0.29) is 0 Å². The predicted molar refractivity (Wildman–Crippen MR) is 361 cm³/mol. The average molecular weight is 1100 g/mol. The van der Waals surface area contributed by atoms with Crippen LogP contribution in [0.4, 0.5) is 0 Å². The summed E-state index contributed by atoms with van der Waals surface area (Å²) in [6.45, 7) is 0. The fraction of sp³-hybridized carbons (Fsp3) is 0. The molecule has 13 aromatic carbocycles. The van der Waals surface area contributed by atoms with Gasteiger partial charge in [-0.05, 0) is 106 Å². The molecule has 0 unspecified atom stereocenters. The number of benzene rings is 13. The Hall–Kier alpha value is -11.5. The SMILES string of the molecule is c1ccc(-c2c(-c3ccccc3)n(-c3ccc(-c4cc(-n5c6ccccc6c6ccccc65)c(-c5ccc(-n6c(-c7ccccc7)c(-c7ccccc7)c7ccccc76)cc5)cc4-n4c5ccccc5c5ccccc54)cc3)c3ccccc23)cc1. The summed E-state index contributed by atoms with van der Waals surface area (Å²) in [4.78, 5) is 0. The van der Waals surface area contributed by atoms with Gasteiger partial charge in [-0.2, -0.15) is 0 Å². The van der Waals surface area contributed by atoms with E-state index in [1.54, 1.807) is 0 Å². The Kier molecular flexibility index (Phi) is 11.5. The van der Waals surface area contributed by atoms with Crippen molar-refractivity contribution in [1.82, 2.24) is 18.3 Å². The molecule has 4 heteroatoms. The molecule has 0 atom stereocenters. The Morgan fingerprint density at radius 2 is 0.419 bits per heavy atom. The number of aromatic nitrogens is 4. The van der Waals surface area contributed by atoms with Gasteiger partial charge in [0.05, 0.1) is 55.9 Å². The lowest BCUT2D eigenvalue weighted by molar-refractivity contribution is 1.13. The maximum Gasteiger partial charge on any atom is 0.0619 e. The first kappa shape index (κ1) is 49.2. The van der Waals surface area contributed by atoms with E-state index in [2.05, 4.69) is 346 Å². The summed E-state index contributed by atoms with van der Waals surface area (Å²) in [6.07, 6.45) is 0. The van der Waals surface area contributed by atoms with Gasteiger partial charge in [0.1, 0.15) is 0 Å². The van der Waals surface area contributed by atoms with Crippen molar-refractivity contribution < 1.29 is 0 Å². The van der Waals surface area contributed by atoms with Gasteiger partial charge in [0.15, 0.2) is 0 Å². The Balaban J connectivity index is 0.932. The third kappa shape index (κ3) is 7.77. The van der Waals surface area contributed by atoms with Crippen molar-refractivity contribution in [1.29, 1.82) is 0 Å². The van der Waals surface area contributed by atoms with Crippen LogP contribution < -0.4 is 0 Å². The fourth-order valence-corrected chi connectivity index (χ4v) is 13.9. The standard InChI is InChI=1S/C82H54N4/c1-5-25-57(26-6-1)79-67-37-17-23-43-75(67)83(81(79)59-29-9-3-10-30-59)61-49-45-55(46-50-61)69-53-78(86-73-41-21-15-35-65(73)66-36-16-22-42-74(66)86)70(54-77(69)85-71-39-19-13-33-63(71)64-34-14-20-40-72(64)85)56-47-51-62(52-48-56)84-76-44-24-18-38-68(76)80(58-27-7-2-8-28-58)82(84)60-31-11-4-12-32-60/h1-54H. The number of nitrogens with zero attached hydrogens (tertiary/aromatic N) is 4. The Morgan fingerprint density at radius 1 is 0.174 bits per heavy atom. The molecule has 17 aromatic rings. The molecule has 17 rings (SSSR count). The van der Waals surface area contributed by atoms with E-state index in [0.717, 1.165) is 89.2 Å². The molecule has 0 amide bonds. The van der Waals surface area contributed by atoms with E-state index in [0.29, 0.717) is 0 Å². The number of para-hydroxylation sites is 6. The van der Waals surface area contributed by atoms with E-state index in [9.17, 15) is 0 Å². The van der Waals surface area contributed by atoms with Crippen LogP contribution in [0.15, 0.2) is 328 Å². The quantitative estimate of drug-likeness (QED) is 0.130. The van der Waals surface area contributed by atoms with Crippen LogP contribution in [-0.2, 0) is 0 Å². The molecule has 4 aromatic heterocycles. The van der Waals surface area contributed by atoms with Gasteiger partial charge in [0, 0.05) is 65.9 Å². The molecule has 0 aliphatic heterocycles. The summed E-state index contributed by atoms with van der Waals surface area (Å²) in [5.41, 5.74) is 25.2. The number of fused-ring (bicyclic) bond motifs is 8. The van der Waals surface area contributed by atoms with Gasteiger partial charge in [-0.3, -0.25) is 0 Å². The summed E-state index contributed by atoms with van der Waals surface area (Å²) in [5.74, 6) is 0. The van der Waals surface area contributed by atoms with Gasteiger partial charge in [0.25, 0.3) is 0 Å². The summed E-state index contributed by atoms with van der Waals surface area (Å²) in [6, 6.07) is 120. The van der Waals surface area contributed by atoms with E-state index in [4.69, 9.17) is 0 Å². The van der Waals surface area contributed by atoms with Crippen LogP contribution in [0.2, 0.25) is 0 Å². The third-order valence-corrected chi connectivity index (χ3v) is 17.6. The molecule has 0 bridgehead atoms. The first-order valence-electron chi connectivity index (χ1n) is 29.6. The van der Waals surface area contributed by atoms with E-state index in [1.807, 2.05) is 0 Å². The van der Waals surface area contributed by atoms with Crippen LogP contribution in [0, 0.1) is 0 Å². The lowest BCUT2D eigenvalue weighted by Crippen LogP contribution is -2.04. The first-order valence-corrected chi connectivity index (χ1v) is 29.6. The Bertz CT molecular complexity index is 4970. The zero-order valence-corrected chi connectivity index (χ0v) is 47.0. The smallest absolute Gasteiger partial charge is 0.0619 e. The van der Waals surface area contributed by atoms with E-state index in [1.165, 1.54) is 66.0 Å². The molecule has 0 aliphatic rings. The summed E-state index contributed by atoms with van der Waals surface area (Å²) in [7, 11) is 0. The monoisotopic (exact) mass is 1090 g/mol. The second-order valence-corrected chi connectivity index (χ2v) is 22.3. The van der Waals surface area contributed by atoms with Crippen molar-refractivity contribution >= 4 is 65.4 Å². The normalized spacial score (nSPS) is 11.7. The molecule has 0 aliphatic carbocycles. The van der Waals surface area contributed by atoms with Crippen LogP contribution in [0.1, 0.15) is 0 Å². The molecule has 0 saturated heterocycles. The van der Waals surface area contributed by atoms with Crippen molar-refractivity contribution in [3.63, 3.8) is 0 Å². The van der Waals surface area contributed by atoms with E-state index >= 15 is 0 Å². The highest BCUT2D eigenvalue weighted by Crippen LogP contribution is 2.48. The van der Waals surface area contributed by atoms with Crippen LogP contribution in [0.3, 0.4) is 0 Å². The summed E-state index contributed by atoms with van der Waals surface area (Å²) < 4.78 is 9.93. The van der Waals surface area contributed by atoms with Crippen LogP contribution in [0.25, 0.3) is 155 Å². The van der Waals surface area contributed by atoms with Gasteiger partial charge in [-0.15, -0.1) is 0 Å². The van der Waals surface area contributed by atoms with Crippen molar-refractivity contribution in [2.24, 2.45) is 0 Å². The highest BCUT2D eigenvalue weighted by molar-refractivity contribution is 6.13. The van der Waals surface area contributed by atoms with Gasteiger partial charge in [-0.1, -0.05) is 255 Å². The van der Waals surface area contributed by atoms with Crippen LogP contribution >= 0.6 is 0 Å². The third-order valence-electron chi connectivity index (χ3n) is 17.6. The molecule has 0 saturated carbocycles. The zero-order valence-electron chi connectivity index (χ0n) is 47.0. The van der Waals surface area contributed by atoms with E-state index < -0.39 is 0 Å². The van der Waals surface area contributed by atoms with Crippen molar-refractivity contribution in [2.45, 2.75) is 0 Å². The highest BCUT2D eigenvalue weighted by atomic mass is 15.0. The minimum atomic E-state index is 1.09. The molecule has 4 nitrogen and oxygen atoms in total. The molecular formula is C82H54N4. The van der Waals surface area contributed by atoms with Crippen molar-refractivity contribution in [3.8, 4) is 89.8 Å². The molecule has 86 heavy (non-hydrogen) atoms.